The number of nitrogens with one attached hydrogen (secondary N) is 1. The molecule has 2 aromatic rings. The Bertz CT molecular complexity index is 710. The topological polar surface area (TPSA) is 60.5 Å². The molecule has 0 radical (unpaired) electrons. The van der Waals surface area contributed by atoms with E-state index in [-0.39, 0.29) is 5.91 Å². The summed E-state index contributed by atoms with van der Waals surface area (Å²) in [5.74, 6) is 0.726. The summed E-state index contributed by atoms with van der Waals surface area (Å²) in [6.07, 6.45) is 0.782. The summed E-state index contributed by atoms with van der Waals surface area (Å²) < 4.78 is 11.1. The van der Waals surface area contributed by atoms with Gasteiger partial charge in [0.15, 0.2) is 16.6 Å². The van der Waals surface area contributed by atoms with Crippen molar-refractivity contribution in [3.05, 3.63) is 33.3 Å². The van der Waals surface area contributed by atoms with Crippen LogP contribution in [0, 0.1) is 13.8 Å². The van der Waals surface area contributed by atoms with Crippen LogP contribution in [-0.4, -0.2) is 24.1 Å². The van der Waals surface area contributed by atoms with Gasteiger partial charge in [0.2, 0.25) is 0 Å². The van der Waals surface area contributed by atoms with Crippen LogP contribution in [0.1, 0.15) is 27.3 Å². The zero-order valence-electron chi connectivity index (χ0n) is 12.2. The van der Waals surface area contributed by atoms with E-state index >= 15 is 0 Å². The molecule has 1 aromatic heterocycles. The lowest BCUT2D eigenvalue weighted by atomic mass is 10.2. The average Bonchev–Trinajstić information content (AvgIpc) is 2.67. The van der Waals surface area contributed by atoms with Crippen molar-refractivity contribution in [1.82, 2.24) is 4.98 Å². The lowest BCUT2D eigenvalue weighted by Crippen LogP contribution is -2.12. The summed E-state index contributed by atoms with van der Waals surface area (Å²) in [5.41, 5.74) is 1.33. The number of thiazole rings is 1. The van der Waals surface area contributed by atoms with Crippen LogP contribution < -0.4 is 14.8 Å². The van der Waals surface area contributed by atoms with Crippen LogP contribution in [0.4, 0.5) is 5.13 Å². The monoisotopic (exact) mass is 338 g/mol. The molecule has 0 bridgehead atoms. The number of carbonyl (C=O) groups is 1. The second kappa shape index (κ2) is 6.14. The number of hydrogen-bond acceptors (Lipinski definition) is 5. The van der Waals surface area contributed by atoms with Gasteiger partial charge in [-0.2, -0.15) is 0 Å². The normalized spacial score (nSPS) is 13.6. The Kier molecular flexibility index (Phi) is 4.22. The van der Waals surface area contributed by atoms with Crippen molar-refractivity contribution in [3.8, 4) is 11.5 Å². The van der Waals surface area contributed by atoms with Gasteiger partial charge in [-0.15, -0.1) is 11.3 Å². The highest BCUT2D eigenvalue weighted by Crippen LogP contribution is 2.38. The number of amides is 1. The molecule has 0 saturated carbocycles. The Morgan fingerprint density at radius 1 is 1.32 bits per heavy atom. The number of anilines is 1. The second-order valence-electron chi connectivity index (χ2n) is 4.95. The third-order valence-corrected chi connectivity index (χ3v) is 4.58. The van der Waals surface area contributed by atoms with Crippen molar-refractivity contribution in [2.24, 2.45) is 0 Å². The van der Waals surface area contributed by atoms with Crippen molar-refractivity contribution in [1.29, 1.82) is 0 Å². The Morgan fingerprint density at radius 3 is 2.82 bits per heavy atom. The van der Waals surface area contributed by atoms with Crippen LogP contribution in [0.15, 0.2) is 12.1 Å². The van der Waals surface area contributed by atoms with Crippen LogP contribution in [-0.2, 0) is 0 Å². The summed E-state index contributed by atoms with van der Waals surface area (Å²) in [6, 6.07) is 3.23. The molecule has 1 aliphatic heterocycles. The van der Waals surface area contributed by atoms with Crippen LogP contribution in [0.2, 0.25) is 5.02 Å². The Labute approximate surface area is 137 Å². The number of halogens is 1. The molecule has 1 amide bonds. The standard InChI is InChI=1S/C15H15ClN2O3S/c1-8-9(2)22-15(17-8)18-14(19)10-6-11(16)13-12(7-10)20-4-3-5-21-13/h6-7H,3-5H2,1-2H3,(H,17,18,19). The summed E-state index contributed by atoms with van der Waals surface area (Å²) in [5, 5.41) is 3.73. The van der Waals surface area contributed by atoms with Gasteiger partial charge in [0.1, 0.15) is 0 Å². The Balaban J connectivity index is 1.86. The molecule has 0 spiro atoms. The molecule has 1 N–H and O–H groups in total. The zero-order valence-corrected chi connectivity index (χ0v) is 13.8. The first kappa shape index (κ1) is 15.1. The SMILES string of the molecule is Cc1nc(NC(=O)c2cc(Cl)c3c(c2)OCCCO3)sc1C. The first-order chi connectivity index (χ1) is 10.5. The summed E-state index contributed by atoms with van der Waals surface area (Å²) in [6.45, 7) is 4.97. The Hall–Kier alpha value is -1.79. The van der Waals surface area contributed by atoms with E-state index in [1.54, 1.807) is 12.1 Å². The minimum absolute atomic E-state index is 0.272. The van der Waals surface area contributed by atoms with Crippen molar-refractivity contribution in [3.63, 3.8) is 0 Å². The molecule has 116 valence electrons. The van der Waals surface area contributed by atoms with E-state index in [1.807, 2.05) is 13.8 Å². The fourth-order valence-corrected chi connectivity index (χ4v) is 3.13. The number of ether oxygens (including phenoxy) is 2. The van der Waals surface area contributed by atoms with E-state index in [4.69, 9.17) is 21.1 Å². The van der Waals surface area contributed by atoms with E-state index in [0.717, 1.165) is 17.0 Å². The largest absolute Gasteiger partial charge is 0.489 e. The van der Waals surface area contributed by atoms with Crippen molar-refractivity contribution >= 4 is 34.0 Å². The van der Waals surface area contributed by atoms with E-state index in [0.29, 0.717) is 40.4 Å². The maximum Gasteiger partial charge on any atom is 0.257 e. The molecule has 0 aliphatic carbocycles. The van der Waals surface area contributed by atoms with Gasteiger partial charge in [-0.3, -0.25) is 10.1 Å². The number of hydrogen-bond donors (Lipinski definition) is 1. The van der Waals surface area contributed by atoms with Gasteiger partial charge in [0, 0.05) is 16.9 Å². The molecule has 0 saturated heterocycles. The van der Waals surface area contributed by atoms with Gasteiger partial charge in [0.05, 0.1) is 23.9 Å². The third-order valence-electron chi connectivity index (χ3n) is 3.31. The van der Waals surface area contributed by atoms with E-state index in [2.05, 4.69) is 10.3 Å². The molecule has 3 rings (SSSR count). The van der Waals surface area contributed by atoms with Crippen LogP contribution in [0.3, 0.4) is 0 Å². The highest BCUT2D eigenvalue weighted by Gasteiger charge is 2.19. The van der Waals surface area contributed by atoms with Crippen LogP contribution in [0.25, 0.3) is 0 Å². The smallest absolute Gasteiger partial charge is 0.257 e. The van der Waals surface area contributed by atoms with Crippen molar-refractivity contribution in [2.75, 3.05) is 18.5 Å². The number of aromatic nitrogens is 1. The van der Waals surface area contributed by atoms with E-state index < -0.39 is 0 Å². The first-order valence-corrected chi connectivity index (χ1v) is 8.08. The molecule has 0 fully saturated rings. The van der Waals surface area contributed by atoms with Crippen molar-refractivity contribution < 1.29 is 14.3 Å². The number of nitrogens with zero attached hydrogens (tertiary/aromatic N) is 1. The van der Waals surface area contributed by atoms with Gasteiger partial charge < -0.3 is 9.47 Å². The summed E-state index contributed by atoms with van der Waals surface area (Å²) >= 11 is 7.64. The fourth-order valence-electron chi connectivity index (χ4n) is 2.06. The maximum atomic E-state index is 12.4. The van der Waals surface area contributed by atoms with Gasteiger partial charge >= 0.3 is 0 Å². The molecule has 7 heteroatoms. The van der Waals surface area contributed by atoms with Gasteiger partial charge in [-0.1, -0.05) is 11.6 Å². The maximum absolute atomic E-state index is 12.4. The predicted octanol–water partition coefficient (Wildman–Crippen LogP) is 3.83. The lowest BCUT2D eigenvalue weighted by molar-refractivity contribution is 0.102. The highest BCUT2D eigenvalue weighted by molar-refractivity contribution is 7.15. The van der Waals surface area contributed by atoms with E-state index in [1.165, 1.54) is 11.3 Å². The first-order valence-electron chi connectivity index (χ1n) is 6.89. The number of aryl methyl sites for hydroxylation is 2. The zero-order chi connectivity index (χ0) is 15.7. The van der Waals surface area contributed by atoms with Gasteiger partial charge in [-0.05, 0) is 26.0 Å². The molecule has 1 aliphatic rings. The summed E-state index contributed by atoms with van der Waals surface area (Å²) in [4.78, 5) is 17.7. The molecular weight excluding hydrogens is 324 g/mol. The summed E-state index contributed by atoms with van der Waals surface area (Å²) in [7, 11) is 0. The molecule has 1 aromatic carbocycles. The van der Waals surface area contributed by atoms with Crippen LogP contribution >= 0.6 is 22.9 Å². The fraction of sp³-hybridized carbons (Fsp3) is 0.333. The number of fused-ring (bicyclic) bond motifs is 1. The predicted molar refractivity (Wildman–Crippen MR) is 86.6 cm³/mol. The van der Waals surface area contributed by atoms with Gasteiger partial charge in [0.25, 0.3) is 5.91 Å². The van der Waals surface area contributed by atoms with E-state index in [9.17, 15) is 4.79 Å². The quantitative estimate of drug-likeness (QED) is 0.904. The minimum Gasteiger partial charge on any atom is -0.489 e. The van der Waals surface area contributed by atoms with Crippen molar-refractivity contribution in [2.45, 2.75) is 20.3 Å². The number of carbonyl (C=O) groups excluding carboxylic acids is 1. The lowest BCUT2D eigenvalue weighted by Gasteiger charge is -2.11. The highest BCUT2D eigenvalue weighted by atomic mass is 35.5. The second-order valence-corrected chi connectivity index (χ2v) is 6.56. The molecule has 5 nitrogen and oxygen atoms in total. The minimum atomic E-state index is -0.272. The van der Waals surface area contributed by atoms with Crippen LogP contribution in [0.5, 0.6) is 11.5 Å². The molecule has 0 unspecified atom stereocenters. The van der Waals surface area contributed by atoms with Gasteiger partial charge in [-0.25, -0.2) is 4.98 Å². The number of rotatable bonds is 2. The molecule has 22 heavy (non-hydrogen) atoms. The average molecular weight is 339 g/mol. The molecular formula is C15H15ClN2O3S. The molecule has 2 heterocycles. The Morgan fingerprint density at radius 2 is 2.09 bits per heavy atom. The third kappa shape index (κ3) is 3.03. The molecule has 0 atom stereocenters. The number of benzene rings is 1.